The maximum atomic E-state index is 2.66. The minimum atomic E-state index is 0.814. The van der Waals surface area contributed by atoms with E-state index < -0.39 is 0 Å². The number of hydrogen-bond acceptors (Lipinski definition) is 2. The van der Waals surface area contributed by atoms with Gasteiger partial charge in [-0.25, -0.2) is 0 Å². The predicted octanol–water partition coefficient (Wildman–Crippen LogP) is 1.81. The Bertz CT molecular complexity index is 136. The van der Waals surface area contributed by atoms with Crippen LogP contribution < -0.4 is 0 Å². The van der Waals surface area contributed by atoms with Crippen LogP contribution in [0.25, 0.3) is 0 Å². The first kappa shape index (κ1) is 11.0. The van der Waals surface area contributed by atoms with Crippen molar-refractivity contribution < 1.29 is 0 Å². The highest BCUT2D eigenvalue weighted by Gasteiger charge is 2.23. The minimum Gasteiger partial charge on any atom is -0.301 e. The molecule has 0 spiro atoms. The molecule has 0 aromatic rings. The molecule has 1 fully saturated rings. The summed E-state index contributed by atoms with van der Waals surface area (Å²) in [6, 6.07) is 0.814. The maximum absolute atomic E-state index is 2.66. The molecule has 0 N–H and O–H groups in total. The average molecular weight is 184 g/mol. The van der Waals surface area contributed by atoms with Gasteiger partial charge >= 0.3 is 0 Å². The summed E-state index contributed by atoms with van der Waals surface area (Å²) in [7, 11) is 0. The van der Waals surface area contributed by atoms with Crippen LogP contribution >= 0.6 is 0 Å². The van der Waals surface area contributed by atoms with Crippen LogP contribution in [0.4, 0.5) is 0 Å². The van der Waals surface area contributed by atoms with Crippen molar-refractivity contribution in [1.29, 1.82) is 0 Å². The molecule has 1 aliphatic rings. The summed E-state index contributed by atoms with van der Waals surface area (Å²) in [4.78, 5) is 5.23. The van der Waals surface area contributed by atoms with Gasteiger partial charge in [-0.3, -0.25) is 4.90 Å². The van der Waals surface area contributed by atoms with Crippen molar-refractivity contribution in [2.75, 3.05) is 32.7 Å². The van der Waals surface area contributed by atoms with Crippen LogP contribution in [0.5, 0.6) is 0 Å². The van der Waals surface area contributed by atoms with Crippen LogP contribution in [0.3, 0.4) is 0 Å². The third-order valence-corrected chi connectivity index (χ3v) is 3.12. The standard InChI is InChI=1S/C11H24N2/c1-4-7-13-9-8-12(6-3)10-11(13)5-2/h11H,4-10H2,1-3H3/t11-/m1/s1. The lowest BCUT2D eigenvalue weighted by Crippen LogP contribution is -2.52. The van der Waals surface area contributed by atoms with E-state index in [0.29, 0.717) is 0 Å². The molecule has 1 heterocycles. The monoisotopic (exact) mass is 184 g/mol. The Morgan fingerprint density at radius 3 is 2.46 bits per heavy atom. The van der Waals surface area contributed by atoms with Crippen molar-refractivity contribution in [2.45, 2.75) is 39.7 Å². The zero-order chi connectivity index (χ0) is 9.68. The molecule has 0 unspecified atom stereocenters. The zero-order valence-corrected chi connectivity index (χ0v) is 9.42. The van der Waals surface area contributed by atoms with Crippen molar-refractivity contribution >= 4 is 0 Å². The van der Waals surface area contributed by atoms with E-state index in [0.717, 1.165) is 6.04 Å². The average Bonchev–Trinajstić information content (AvgIpc) is 2.19. The van der Waals surface area contributed by atoms with Crippen molar-refractivity contribution in [2.24, 2.45) is 0 Å². The third-order valence-electron chi connectivity index (χ3n) is 3.12. The highest BCUT2D eigenvalue weighted by molar-refractivity contribution is 4.80. The molecule has 0 aromatic heterocycles. The largest absolute Gasteiger partial charge is 0.301 e. The molecule has 0 aromatic carbocycles. The summed E-state index contributed by atoms with van der Waals surface area (Å²) in [5, 5.41) is 0. The van der Waals surface area contributed by atoms with Crippen LogP contribution in [0.1, 0.15) is 33.6 Å². The zero-order valence-electron chi connectivity index (χ0n) is 9.42. The van der Waals surface area contributed by atoms with Crippen molar-refractivity contribution in [3.63, 3.8) is 0 Å². The fourth-order valence-electron chi connectivity index (χ4n) is 2.21. The van der Waals surface area contributed by atoms with Gasteiger partial charge in [-0.15, -0.1) is 0 Å². The van der Waals surface area contributed by atoms with E-state index >= 15 is 0 Å². The molecule has 0 radical (unpaired) electrons. The van der Waals surface area contributed by atoms with Gasteiger partial charge in [0.1, 0.15) is 0 Å². The lowest BCUT2D eigenvalue weighted by atomic mass is 10.1. The molecule has 2 heteroatoms. The molecule has 0 saturated carbocycles. The van der Waals surface area contributed by atoms with Gasteiger partial charge in [-0.2, -0.15) is 0 Å². The molecule has 0 aliphatic carbocycles. The minimum absolute atomic E-state index is 0.814. The fraction of sp³-hybridized carbons (Fsp3) is 1.00. The molecule has 0 bridgehead atoms. The smallest absolute Gasteiger partial charge is 0.0221 e. The fourth-order valence-corrected chi connectivity index (χ4v) is 2.21. The lowest BCUT2D eigenvalue weighted by molar-refractivity contribution is 0.0755. The maximum Gasteiger partial charge on any atom is 0.0221 e. The van der Waals surface area contributed by atoms with Gasteiger partial charge in [-0.1, -0.05) is 20.8 Å². The topological polar surface area (TPSA) is 6.48 Å². The van der Waals surface area contributed by atoms with Crippen molar-refractivity contribution in [3.8, 4) is 0 Å². The van der Waals surface area contributed by atoms with Crippen LogP contribution in [0, 0.1) is 0 Å². The summed E-state index contributed by atoms with van der Waals surface area (Å²) >= 11 is 0. The molecule has 1 atom stereocenters. The number of likely N-dealkylation sites (N-methyl/N-ethyl adjacent to an activating group) is 1. The Morgan fingerprint density at radius 2 is 1.92 bits per heavy atom. The summed E-state index contributed by atoms with van der Waals surface area (Å²) < 4.78 is 0. The molecule has 1 aliphatic heterocycles. The van der Waals surface area contributed by atoms with Gasteiger partial charge in [0.2, 0.25) is 0 Å². The van der Waals surface area contributed by atoms with E-state index in [1.165, 1.54) is 45.6 Å². The highest BCUT2D eigenvalue weighted by Crippen LogP contribution is 2.12. The van der Waals surface area contributed by atoms with Crippen molar-refractivity contribution in [1.82, 2.24) is 9.80 Å². The second-order valence-corrected chi connectivity index (χ2v) is 3.99. The summed E-state index contributed by atoms with van der Waals surface area (Å²) in [5.41, 5.74) is 0. The highest BCUT2D eigenvalue weighted by atomic mass is 15.3. The van der Waals surface area contributed by atoms with E-state index in [4.69, 9.17) is 0 Å². The van der Waals surface area contributed by atoms with Gasteiger partial charge in [-0.05, 0) is 25.9 Å². The Labute approximate surface area is 82.9 Å². The third kappa shape index (κ3) is 2.96. The van der Waals surface area contributed by atoms with Gasteiger partial charge < -0.3 is 4.90 Å². The molecular weight excluding hydrogens is 160 g/mol. The molecule has 1 rings (SSSR count). The SMILES string of the molecule is CCCN1CCN(CC)C[C@H]1CC. The number of hydrogen-bond donors (Lipinski definition) is 0. The van der Waals surface area contributed by atoms with Crippen LogP contribution in [-0.4, -0.2) is 48.6 Å². The van der Waals surface area contributed by atoms with Gasteiger partial charge in [0.05, 0.1) is 0 Å². The van der Waals surface area contributed by atoms with Crippen LogP contribution in [0.15, 0.2) is 0 Å². The van der Waals surface area contributed by atoms with E-state index in [-0.39, 0.29) is 0 Å². The Hall–Kier alpha value is -0.0800. The van der Waals surface area contributed by atoms with Crippen molar-refractivity contribution in [3.05, 3.63) is 0 Å². The second-order valence-electron chi connectivity index (χ2n) is 3.99. The first-order chi connectivity index (χ1) is 6.31. The van der Waals surface area contributed by atoms with Gasteiger partial charge in [0.25, 0.3) is 0 Å². The van der Waals surface area contributed by atoms with E-state index in [1.54, 1.807) is 0 Å². The first-order valence-electron chi connectivity index (χ1n) is 5.78. The van der Waals surface area contributed by atoms with Crippen LogP contribution in [-0.2, 0) is 0 Å². The Balaban J connectivity index is 2.40. The van der Waals surface area contributed by atoms with Gasteiger partial charge in [0, 0.05) is 25.7 Å². The summed E-state index contributed by atoms with van der Waals surface area (Å²) in [6.07, 6.45) is 2.60. The molecule has 0 amide bonds. The van der Waals surface area contributed by atoms with Crippen LogP contribution in [0.2, 0.25) is 0 Å². The summed E-state index contributed by atoms with van der Waals surface area (Å²) in [6.45, 7) is 13.2. The number of nitrogens with zero attached hydrogens (tertiary/aromatic N) is 2. The van der Waals surface area contributed by atoms with E-state index in [2.05, 4.69) is 30.6 Å². The van der Waals surface area contributed by atoms with Gasteiger partial charge in [0.15, 0.2) is 0 Å². The Kier molecular flexibility index (Phi) is 4.74. The quantitative estimate of drug-likeness (QED) is 0.657. The lowest BCUT2D eigenvalue weighted by Gasteiger charge is -2.40. The molecule has 78 valence electrons. The predicted molar refractivity (Wildman–Crippen MR) is 58.1 cm³/mol. The first-order valence-corrected chi connectivity index (χ1v) is 5.78. The van der Waals surface area contributed by atoms with E-state index in [9.17, 15) is 0 Å². The van der Waals surface area contributed by atoms with E-state index in [1.807, 2.05) is 0 Å². The molecule has 1 saturated heterocycles. The molecule has 13 heavy (non-hydrogen) atoms. The number of rotatable bonds is 4. The Morgan fingerprint density at radius 1 is 1.15 bits per heavy atom. The molecular formula is C11H24N2. The summed E-state index contributed by atoms with van der Waals surface area (Å²) in [5.74, 6) is 0. The number of piperazine rings is 1. The second kappa shape index (κ2) is 5.61. The molecule has 2 nitrogen and oxygen atoms in total. The normalized spacial score (nSPS) is 26.5.